The van der Waals surface area contributed by atoms with Gasteiger partial charge < -0.3 is 4.90 Å². The Morgan fingerprint density at radius 3 is 2.50 bits per heavy atom. The molecule has 0 unspecified atom stereocenters. The van der Waals surface area contributed by atoms with Crippen molar-refractivity contribution < 1.29 is 9.59 Å². The van der Waals surface area contributed by atoms with Crippen molar-refractivity contribution in [2.75, 3.05) is 44.2 Å². The highest BCUT2D eigenvalue weighted by Crippen LogP contribution is 2.63. The van der Waals surface area contributed by atoms with Gasteiger partial charge in [-0.3, -0.25) is 19.4 Å². The second-order valence-electron chi connectivity index (χ2n) is 12.4. The van der Waals surface area contributed by atoms with Gasteiger partial charge in [-0.25, -0.2) is 0 Å². The standard InChI is InChI=1S/C29H38N4O2S/c1-29-22-11-10-19(16-22)25(29)27(34)33(28(29)35)18-21-7-3-2-6-20(21)17-31-12-14-32(15-13-31)26-23-8-4-5-9-24(23)36-30-26/h4-5,8-9,19-22,25H,2-3,6-7,10-18H2,1H3/t19-,20+,21+,22+,25-,29-/m1/s1. The molecule has 2 amide bonds. The van der Waals surface area contributed by atoms with Gasteiger partial charge in [0.1, 0.15) is 5.82 Å². The maximum Gasteiger partial charge on any atom is 0.236 e. The second kappa shape index (κ2) is 8.80. The van der Waals surface area contributed by atoms with E-state index in [1.54, 1.807) is 16.4 Å². The molecule has 3 saturated carbocycles. The summed E-state index contributed by atoms with van der Waals surface area (Å²) in [5.74, 6) is 3.37. The van der Waals surface area contributed by atoms with Crippen LogP contribution in [0.4, 0.5) is 5.82 Å². The molecular formula is C29H38N4O2S. The molecule has 7 rings (SSSR count). The Morgan fingerprint density at radius 1 is 0.972 bits per heavy atom. The highest BCUT2D eigenvalue weighted by Gasteiger charge is 2.68. The zero-order valence-corrected chi connectivity index (χ0v) is 22.2. The Kier molecular flexibility index (Phi) is 5.66. The number of hydrogen-bond acceptors (Lipinski definition) is 6. The van der Waals surface area contributed by atoms with Crippen LogP contribution in [0.2, 0.25) is 0 Å². The maximum atomic E-state index is 13.6. The van der Waals surface area contributed by atoms with Crippen LogP contribution in [0.3, 0.4) is 0 Å². The first kappa shape index (κ1) is 23.2. The van der Waals surface area contributed by atoms with Gasteiger partial charge in [0.05, 0.1) is 16.0 Å². The van der Waals surface area contributed by atoms with Crippen LogP contribution >= 0.6 is 11.5 Å². The van der Waals surface area contributed by atoms with E-state index >= 15 is 0 Å². The number of carbonyl (C=O) groups excluding carboxylic acids is 2. The van der Waals surface area contributed by atoms with Crippen molar-refractivity contribution in [2.24, 2.45) is 35.0 Å². The maximum absolute atomic E-state index is 13.6. The third kappa shape index (κ3) is 3.48. The Labute approximate surface area is 218 Å². The van der Waals surface area contributed by atoms with E-state index in [0.29, 0.717) is 30.2 Å². The molecule has 6 atom stereocenters. The number of fused-ring (bicyclic) bond motifs is 6. The third-order valence-corrected chi connectivity index (χ3v) is 11.5. The summed E-state index contributed by atoms with van der Waals surface area (Å²) in [6.45, 7) is 8.01. The van der Waals surface area contributed by atoms with Gasteiger partial charge in [0.15, 0.2) is 0 Å². The van der Waals surface area contributed by atoms with E-state index in [4.69, 9.17) is 4.37 Å². The topological polar surface area (TPSA) is 56.8 Å². The average molecular weight is 507 g/mol. The molecule has 7 heteroatoms. The third-order valence-electron chi connectivity index (χ3n) is 10.7. The first-order valence-electron chi connectivity index (χ1n) is 14.2. The minimum absolute atomic E-state index is 0.0272. The molecule has 1 aromatic heterocycles. The van der Waals surface area contributed by atoms with Crippen LogP contribution in [-0.2, 0) is 9.59 Å². The molecule has 5 fully saturated rings. The fourth-order valence-electron chi connectivity index (χ4n) is 8.68. The van der Waals surface area contributed by atoms with Gasteiger partial charge in [-0.2, -0.15) is 4.37 Å². The van der Waals surface area contributed by atoms with Crippen molar-refractivity contribution in [3.05, 3.63) is 24.3 Å². The Hall–Kier alpha value is -1.99. The number of benzene rings is 1. The van der Waals surface area contributed by atoms with Crippen LogP contribution in [0.15, 0.2) is 24.3 Å². The summed E-state index contributed by atoms with van der Waals surface area (Å²) < 4.78 is 6.03. The molecule has 3 heterocycles. The summed E-state index contributed by atoms with van der Waals surface area (Å²) >= 11 is 1.60. The van der Waals surface area contributed by atoms with E-state index in [2.05, 4.69) is 41.0 Å². The Bertz CT molecular complexity index is 1170. The number of hydrogen-bond donors (Lipinski definition) is 0. The van der Waals surface area contributed by atoms with Crippen LogP contribution in [0, 0.1) is 35.0 Å². The van der Waals surface area contributed by atoms with E-state index in [1.165, 1.54) is 29.3 Å². The Balaban J connectivity index is 1.000. The summed E-state index contributed by atoms with van der Waals surface area (Å²) in [7, 11) is 0. The van der Waals surface area contributed by atoms with E-state index in [1.807, 2.05) is 0 Å². The Morgan fingerprint density at radius 2 is 1.72 bits per heavy atom. The first-order valence-corrected chi connectivity index (χ1v) is 15.0. The largest absolute Gasteiger partial charge is 0.353 e. The van der Waals surface area contributed by atoms with Crippen molar-refractivity contribution in [1.29, 1.82) is 0 Å². The molecule has 0 radical (unpaired) electrons. The molecule has 0 spiro atoms. The fraction of sp³-hybridized carbons (Fsp3) is 0.690. The zero-order valence-electron chi connectivity index (χ0n) is 21.4. The lowest BCUT2D eigenvalue weighted by Crippen LogP contribution is -2.50. The van der Waals surface area contributed by atoms with Crippen molar-refractivity contribution in [3.8, 4) is 0 Å². The number of carbonyl (C=O) groups is 2. The molecule has 2 bridgehead atoms. The van der Waals surface area contributed by atoms with Crippen LogP contribution in [0.25, 0.3) is 10.1 Å². The molecule has 2 aliphatic heterocycles. The van der Waals surface area contributed by atoms with Crippen LogP contribution in [0.5, 0.6) is 0 Å². The number of rotatable bonds is 5. The number of aromatic nitrogens is 1. The molecule has 2 saturated heterocycles. The first-order chi connectivity index (χ1) is 17.5. The number of anilines is 1. The highest BCUT2D eigenvalue weighted by atomic mass is 32.1. The van der Waals surface area contributed by atoms with E-state index in [9.17, 15) is 9.59 Å². The number of amides is 2. The zero-order chi connectivity index (χ0) is 24.4. The van der Waals surface area contributed by atoms with Crippen LogP contribution in [0.1, 0.15) is 51.9 Å². The summed E-state index contributed by atoms with van der Waals surface area (Å²) in [5.41, 5.74) is -0.402. The summed E-state index contributed by atoms with van der Waals surface area (Å²) in [4.78, 5) is 33.9. The quantitative estimate of drug-likeness (QED) is 0.553. The summed E-state index contributed by atoms with van der Waals surface area (Å²) in [6, 6.07) is 8.54. The minimum atomic E-state index is -0.402. The van der Waals surface area contributed by atoms with E-state index in [-0.39, 0.29) is 17.7 Å². The normalized spacial score (nSPS) is 36.9. The number of nitrogens with zero attached hydrogens (tertiary/aromatic N) is 4. The van der Waals surface area contributed by atoms with Gasteiger partial charge in [0, 0.05) is 44.7 Å². The minimum Gasteiger partial charge on any atom is -0.353 e. The lowest BCUT2D eigenvalue weighted by Gasteiger charge is -2.40. The van der Waals surface area contributed by atoms with Gasteiger partial charge in [0.25, 0.3) is 0 Å². The summed E-state index contributed by atoms with van der Waals surface area (Å²) in [6.07, 6.45) is 8.27. The molecule has 1 aromatic carbocycles. The highest BCUT2D eigenvalue weighted by molar-refractivity contribution is 7.13. The predicted octanol–water partition coefficient (Wildman–Crippen LogP) is 4.65. The molecule has 2 aromatic rings. The van der Waals surface area contributed by atoms with Gasteiger partial charge in [-0.1, -0.05) is 25.0 Å². The number of imide groups is 1. The predicted molar refractivity (Wildman–Crippen MR) is 143 cm³/mol. The average Bonchev–Trinajstić information content (AvgIpc) is 3.65. The SMILES string of the molecule is C[C@]12C(=O)N(C[C@@H]3CCCC[C@H]3CN3CCN(c4nsc5ccccc45)CC3)C(=O)[C@H]1[C@@H]1CC[C@H]2C1. The van der Waals surface area contributed by atoms with Crippen molar-refractivity contribution in [3.63, 3.8) is 0 Å². The van der Waals surface area contributed by atoms with Gasteiger partial charge in [-0.15, -0.1) is 0 Å². The monoisotopic (exact) mass is 506 g/mol. The van der Waals surface area contributed by atoms with Gasteiger partial charge >= 0.3 is 0 Å². The molecule has 6 nitrogen and oxygen atoms in total. The van der Waals surface area contributed by atoms with Crippen LogP contribution < -0.4 is 4.90 Å². The smallest absolute Gasteiger partial charge is 0.236 e. The number of likely N-dealkylation sites (tertiary alicyclic amines) is 1. The van der Waals surface area contributed by atoms with E-state index < -0.39 is 5.41 Å². The molecule has 36 heavy (non-hydrogen) atoms. The fourth-order valence-corrected chi connectivity index (χ4v) is 9.47. The van der Waals surface area contributed by atoms with Crippen LogP contribution in [-0.4, -0.2) is 65.3 Å². The molecule has 192 valence electrons. The van der Waals surface area contributed by atoms with E-state index in [0.717, 1.165) is 64.2 Å². The molecule has 0 N–H and O–H groups in total. The van der Waals surface area contributed by atoms with Gasteiger partial charge in [0.2, 0.25) is 11.8 Å². The second-order valence-corrected chi connectivity index (χ2v) is 13.2. The molecular weight excluding hydrogens is 468 g/mol. The van der Waals surface area contributed by atoms with Crippen molar-refractivity contribution in [1.82, 2.24) is 14.2 Å². The lowest BCUT2D eigenvalue weighted by molar-refractivity contribution is -0.143. The molecule has 5 aliphatic rings. The van der Waals surface area contributed by atoms with Crippen molar-refractivity contribution in [2.45, 2.75) is 51.9 Å². The van der Waals surface area contributed by atoms with Gasteiger partial charge in [-0.05, 0) is 86.4 Å². The molecule has 3 aliphatic carbocycles. The van der Waals surface area contributed by atoms with Crippen molar-refractivity contribution >= 4 is 39.3 Å². The summed E-state index contributed by atoms with van der Waals surface area (Å²) in [5, 5.41) is 1.27. The number of piperazine rings is 1. The lowest BCUT2D eigenvalue weighted by atomic mass is 9.69.